The molecule has 0 atom stereocenters. The summed E-state index contributed by atoms with van der Waals surface area (Å²) in [5, 5.41) is 0.947. The zero-order valence-electron chi connectivity index (χ0n) is 14.1. The Bertz CT molecular complexity index is 907. The van der Waals surface area contributed by atoms with Gasteiger partial charge in [0.15, 0.2) is 0 Å². The van der Waals surface area contributed by atoms with Gasteiger partial charge < -0.3 is 13.9 Å². The van der Waals surface area contributed by atoms with E-state index in [0.29, 0.717) is 12.2 Å². The maximum Gasteiger partial charge on any atom is 0.336 e. The normalized spacial score (nSPS) is 10.8. The van der Waals surface area contributed by atoms with Gasteiger partial charge in [-0.3, -0.25) is 0 Å². The average molecular weight is 324 g/mol. The van der Waals surface area contributed by atoms with Crippen molar-refractivity contribution in [3.63, 3.8) is 0 Å². The van der Waals surface area contributed by atoms with Gasteiger partial charge in [0.05, 0.1) is 7.11 Å². The monoisotopic (exact) mass is 324 g/mol. The van der Waals surface area contributed by atoms with Gasteiger partial charge in [0.2, 0.25) is 0 Å². The summed E-state index contributed by atoms with van der Waals surface area (Å²) in [7, 11) is 1.64. The summed E-state index contributed by atoms with van der Waals surface area (Å²) in [6.07, 6.45) is 0.840. The number of methoxy groups -OCH3 is 1. The van der Waals surface area contributed by atoms with Crippen LogP contribution in [0.4, 0.5) is 0 Å². The van der Waals surface area contributed by atoms with Crippen LogP contribution in [-0.4, -0.2) is 7.11 Å². The van der Waals surface area contributed by atoms with Crippen molar-refractivity contribution in [2.24, 2.45) is 0 Å². The highest BCUT2D eigenvalue weighted by atomic mass is 16.5. The molecule has 0 fully saturated rings. The Morgan fingerprint density at radius 2 is 1.83 bits per heavy atom. The van der Waals surface area contributed by atoms with Crippen LogP contribution in [-0.2, 0) is 13.0 Å². The van der Waals surface area contributed by atoms with Crippen LogP contribution in [0.25, 0.3) is 11.0 Å². The molecule has 0 bridgehead atoms. The Kier molecular flexibility index (Phi) is 4.56. The molecule has 0 amide bonds. The summed E-state index contributed by atoms with van der Waals surface area (Å²) in [5.74, 6) is 1.56. The van der Waals surface area contributed by atoms with Crippen molar-refractivity contribution in [2.75, 3.05) is 7.11 Å². The molecule has 0 aliphatic heterocycles. The molecule has 0 unspecified atom stereocenters. The van der Waals surface area contributed by atoms with Crippen LogP contribution in [0, 0.1) is 6.92 Å². The van der Waals surface area contributed by atoms with Gasteiger partial charge >= 0.3 is 5.63 Å². The van der Waals surface area contributed by atoms with Gasteiger partial charge in [-0.25, -0.2) is 4.79 Å². The van der Waals surface area contributed by atoms with E-state index in [-0.39, 0.29) is 5.63 Å². The topological polar surface area (TPSA) is 48.7 Å². The molecule has 0 saturated heterocycles. The number of hydrogen-bond acceptors (Lipinski definition) is 4. The molecule has 4 nitrogen and oxygen atoms in total. The lowest BCUT2D eigenvalue weighted by Gasteiger charge is -2.12. The van der Waals surface area contributed by atoms with Gasteiger partial charge in [-0.15, -0.1) is 0 Å². The fraction of sp³-hybridized carbons (Fsp3) is 0.250. The van der Waals surface area contributed by atoms with Gasteiger partial charge in [-0.05, 0) is 48.2 Å². The summed E-state index contributed by atoms with van der Waals surface area (Å²) in [6, 6.07) is 13.1. The summed E-state index contributed by atoms with van der Waals surface area (Å²) >= 11 is 0. The highest BCUT2D eigenvalue weighted by Crippen LogP contribution is 2.28. The van der Waals surface area contributed by atoms with E-state index < -0.39 is 0 Å². The minimum absolute atomic E-state index is 0.342. The molecule has 124 valence electrons. The lowest BCUT2D eigenvalue weighted by Crippen LogP contribution is -2.01. The molecular formula is C20H20O4. The molecule has 4 heteroatoms. The molecule has 24 heavy (non-hydrogen) atoms. The van der Waals surface area contributed by atoms with Crippen LogP contribution < -0.4 is 15.1 Å². The highest BCUT2D eigenvalue weighted by Gasteiger charge is 2.10. The van der Waals surface area contributed by atoms with E-state index >= 15 is 0 Å². The first-order valence-electron chi connectivity index (χ1n) is 7.94. The number of rotatable bonds is 5. The first-order valence-corrected chi connectivity index (χ1v) is 7.94. The second-order valence-corrected chi connectivity index (χ2v) is 5.69. The number of aryl methyl sites for hydroxylation is 2. The average Bonchev–Trinajstić information content (AvgIpc) is 2.59. The predicted molar refractivity (Wildman–Crippen MR) is 93.9 cm³/mol. The van der Waals surface area contributed by atoms with Crippen LogP contribution in [0.15, 0.2) is 51.7 Å². The van der Waals surface area contributed by atoms with Crippen molar-refractivity contribution >= 4 is 11.0 Å². The number of hydrogen-bond donors (Lipinski definition) is 0. The Morgan fingerprint density at radius 3 is 2.50 bits per heavy atom. The lowest BCUT2D eigenvalue weighted by molar-refractivity contribution is 0.303. The largest absolute Gasteiger partial charge is 0.497 e. The molecule has 3 aromatic rings. The fourth-order valence-corrected chi connectivity index (χ4v) is 2.68. The smallest absolute Gasteiger partial charge is 0.336 e. The van der Waals surface area contributed by atoms with E-state index in [0.717, 1.165) is 40.0 Å². The number of benzene rings is 2. The van der Waals surface area contributed by atoms with Crippen molar-refractivity contribution in [3.8, 4) is 11.5 Å². The van der Waals surface area contributed by atoms with E-state index in [4.69, 9.17) is 13.9 Å². The second-order valence-electron chi connectivity index (χ2n) is 5.69. The van der Waals surface area contributed by atoms with Crippen LogP contribution in [0.1, 0.15) is 23.6 Å². The van der Waals surface area contributed by atoms with E-state index in [9.17, 15) is 4.79 Å². The minimum atomic E-state index is -0.342. The van der Waals surface area contributed by atoms with Gasteiger partial charge in [0.25, 0.3) is 0 Å². The summed E-state index contributed by atoms with van der Waals surface area (Å²) in [6.45, 7) is 4.44. The van der Waals surface area contributed by atoms with E-state index in [1.807, 2.05) is 43.3 Å². The van der Waals surface area contributed by atoms with Gasteiger partial charge in [0.1, 0.15) is 23.7 Å². The van der Waals surface area contributed by atoms with Crippen LogP contribution in [0.5, 0.6) is 11.5 Å². The second kappa shape index (κ2) is 6.79. The summed E-state index contributed by atoms with van der Waals surface area (Å²) in [4.78, 5) is 11.6. The molecule has 0 radical (unpaired) electrons. The molecule has 2 aromatic carbocycles. The Balaban J connectivity index is 1.91. The van der Waals surface area contributed by atoms with Crippen molar-refractivity contribution in [3.05, 3.63) is 69.6 Å². The van der Waals surface area contributed by atoms with Gasteiger partial charge in [-0.2, -0.15) is 0 Å². The zero-order valence-corrected chi connectivity index (χ0v) is 14.1. The van der Waals surface area contributed by atoms with E-state index in [2.05, 4.69) is 6.92 Å². The Hall–Kier alpha value is -2.75. The zero-order chi connectivity index (χ0) is 17.1. The van der Waals surface area contributed by atoms with Crippen molar-refractivity contribution < 1.29 is 13.9 Å². The fourth-order valence-electron chi connectivity index (χ4n) is 2.68. The molecule has 1 aromatic heterocycles. The SMILES string of the molecule is CCc1cc2c(C)cc(=O)oc2cc1OCc1ccc(OC)cc1. The maximum atomic E-state index is 11.6. The minimum Gasteiger partial charge on any atom is -0.497 e. The van der Waals surface area contributed by atoms with Crippen molar-refractivity contribution in [1.82, 2.24) is 0 Å². The third-order valence-electron chi connectivity index (χ3n) is 4.07. The molecule has 0 saturated carbocycles. The van der Waals surface area contributed by atoms with Gasteiger partial charge in [-0.1, -0.05) is 19.1 Å². The maximum absolute atomic E-state index is 11.6. The molecule has 0 spiro atoms. The molecule has 0 aliphatic rings. The van der Waals surface area contributed by atoms with E-state index in [1.54, 1.807) is 7.11 Å². The Labute approximate surface area is 140 Å². The van der Waals surface area contributed by atoms with E-state index in [1.165, 1.54) is 6.07 Å². The summed E-state index contributed by atoms with van der Waals surface area (Å²) < 4.78 is 16.4. The summed E-state index contributed by atoms with van der Waals surface area (Å²) in [5.41, 5.74) is 3.27. The molecule has 1 heterocycles. The quantitative estimate of drug-likeness (QED) is 0.658. The molecule has 3 rings (SSSR count). The first-order chi connectivity index (χ1) is 11.6. The molecule has 0 N–H and O–H groups in total. The third kappa shape index (κ3) is 3.27. The molecule has 0 aliphatic carbocycles. The number of fused-ring (bicyclic) bond motifs is 1. The lowest BCUT2D eigenvalue weighted by atomic mass is 10.1. The van der Waals surface area contributed by atoms with Crippen LogP contribution in [0.2, 0.25) is 0 Å². The standard InChI is InChI=1S/C20H20O4/c1-4-15-10-17-13(2)9-20(21)24-19(17)11-18(15)23-12-14-5-7-16(22-3)8-6-14/h5-11H,4,12H2,1-3H3. The third-order valence-corrected chi connectivity index (χ3v) is 4.07. The van der Waals surface area contributed by atoms with Gasteiger partial charge in [0, 0.05) is 17.5 Å². The molecular weight excluding hydrogens is 304 g/mol. The highest BCUT2D eigenvalue weighted by molar-refractivity contribution is 5.82. The Morgan fingerprint density at radius 1 is 1.08 bits per heavy atom. The number of ether oxygens (including phenoxy) is 2. The van der Waals surface area contributed by atoms with Crippen LogP contribution in [0.3, 0.4) is 0 Å². The van der Waals surface area contributed by atoms with Crippen LogP contribution >= 0.6 is 0 Å². The van der Waals surface area contributed by atoms with Crippen molar-refractivity contribution in [2.45, 2.75) is 26.9 Å². The van der Waals surface area contributed by atoms with Crippen molar-refractivity contribution in [1.29, 1.82) is 0 Å². The first kappa shape index (κ1) is 16.1. The predicted octanol–water partition coefficient (Wildman–Crippen LogP) is 4.25.